The Kier molecular flexibility index (Phi) is 4.60. The number of nitrogens with zero attached hydrogens (tertiary/aromatic N) is 3. The topological polar surface area (TPSA) is 63.8 Å². The highest BCUT2D eigenvalue weighted by Crippen LogP contribution is 2.29. The van der Waals surface area contributed by atoms with Gasteiger partial charge in [-0.05, 0) is 25.3 Å². The van der Waals surface area contributed by atoms with Crippen molar-refractivity contribution in [2.75, 3.05) is 11.9 Å². The number of aryl methyl sites for hydroxylation is 2. The zero-order valence-corrected chi connectivity index (χ0v) is 14.6. The molecule has 0 saturated carbocycles. The highest BCUT2D eigenvalue weighted by molar-refractivity contribution is 5.93. The van der Waals surface area contributed by atoms with Crippen LogP contribution in [0.3, 0.4) is 0 Å². The summed E-state index contributed by atoms with van der Waals surface area (Å²) in [5.74, 6) is 0.689. The van der Waals surface area contributed by atoms with Crippen LogP contribution in [0.5, 0.6) is 0 Å². The third-order valence-electron chi connectivity index (χ3n) is 4.36. The second kappa shape index (κ2) is 7.35. The molecule has 0 spiro atoms. The van der Waals surface area contributed by atoms with Gasteiger partial charge in [0, 0.05) is 12.1 Å². The minimum atomic E-state index is 0.600. The number of rotatable bonds is 6. The van der Waals surface area contributed by atoms with Gasteiger partial charge in [0.05, 0.1) is 0 Å². The molecule has 4 aromatic rings. The largest absolute Gasteiger partial charge is 0.367 e. The minimum absolute atomic E-state index is 0.600. The molecule has 2 heterocycles. The van der Waals surface area contributed by atoms with Crippen molar-refractivity contribution >= 4 is 16.9 Å². The fourth-order valence-electron chi connectivity index (χ4n) is 2.93. The number of hydrogen-bond donors (Lipinski definition) is 1. The zero-order chi connectivity index (χ0) is 17.8. The van der Waals surface area contributed by atoms with Crippen LogP contribution in [0.4, 0.5) is 5.82 Å². The maximum absolute atomic E-state index is 5.54. The Morgan fingerprint density at radius 1 is 0.962 bits per heavy atom. The van der Waals surface area contributed by atoms with Crippen LogP contribution in [0.1, 0.15) is 17.5 Å². The lowest BCUT2D eigenvalue weighted by Gasteiger charge is -2.05. The van der Waals surface area contributed by atoms with Crippen LogP contribution in [0.2, 0.25) is 0 Å². The summed E-state index contributed by atoms with van der Waals surface area (Å²) in [5.41, 5.74) is 5.61. The Bertz CT molecular complexity index is 994. The standard InChI is InChI=1S/C21H20N4O/c1-15-9-11-17(12-10-15)18-19-20(26-25-18)21(24-14-23-19)22-13-5-8-16-6-3-2-4-7-16/h2-4,6-7,9-12,14H,5,8,13H2,1H3,(H,22,23,24). The normalized spacial score (nSPS) is 11.0. The Hall–Kier alpha value is -3.21. The lowest BCUT2D eigenvalue weighted by atomic mass is 10.1. The fraction of sp³-hybridized carbons (Fsp3) is 0.190. The Morgan fingerprint density at radius 3 is 2.58 bits per heavy atom. The van der Waals surface area contributed by atoms with E-state index in [0.717, 1.165) is 36.2 Å². The van der Waals surface area contributed by atoms with Gasteiger partial charge in [0.15, 0.2) is 5.82 Å². The number of benzene rings is 2. The number of fused-ring (bicyclic) bond motifs is 1. The van der Waals surface area contributed by atoms with E-state index in [9.17, 15) is 0 Å². The summed E-state index contributed by atoms with van der Waals surface area (Å²) < 4.78 is 5.54. The average Bonchev–Trinajstić information content (AvgIpc) is 3.12. The molecule has 0 atom stereocenters. The Morgan fingerprint density at radius 2 is 1.77 bits per heavy atom. The van der Waals surface area contributed by atoms with Gasteiger partial charge in [-0.1, -0.05) is 65.3 Å². The third kappa shape index (κ3) is 3.42. The molecule has 2 aromatic heterocycles. The first-order valence-corrected chi connectivity index (χ1v) is 8.76. The molecule has 0 bridgehead atoms. The molecule has 0 aliphatic carbocycles. The zero-order valence-electron chi connectivity index (χ0n) is 14.6. The smallest absolute Gasteiger partial charge is 0.228 e. The van der Waals surface area contributed by atoms with E-state index >= 15 is 0 Å². The second-order valence-electron chi connectivity index (χ2n) is 6.31. The SMILES string of the molecule is Cc1ccc(-c2noc3c(NCCCc4ccccc4)ncnc23)cc1. The molecular weight excluding hydrogens is 324 g/mol. The first kappa shape index (κ1) is 16.3. The molecule has 5 nitrogen and oxygen atoms in total. The highest BCUT2D eigenvalue weighted by atomic mass is 16.5. The quantitative estimate of drug-likeness (QED) is 0.516. The second-order valence-corrected chi connectivity index (χ2v) is 6.31. The maximum atomic E-state index is 5.54. The molecule has 2 aromatic carbocycles. The van der Waals surface area contributed by atoms with Gasteiger partial charge in [0.1, 0.15) is 17.5 Å². The molecule has 0 unspecified atom stereocenters. The molecule has 130 valence electrons. The monoisotopic (exact) mass is 344 g/mol. The van der Waals surface area contributed by atoms with E-state index in [4.69, 9.17) is 4.52 Å². The summed E-state index contributed by atoms with van der Waals surface area (Å²) in [5, 5.41) is 7.56. The molecular formula is C21H20N4O. The average molecular weight is 344 g/mol. The van der Waals surface area contributed by atoms with E-state index < -0.39 is 0 Å². The van der Waals surface area contributed by atoms with Crippen molar-refractivity contribution in [1.82, 2.24) is 15.1 Å². The van der Waals surface area contributed by atoms with Crippen molar-refractivity contribution in [3.05, 3.63) is 72.1 Å². The molecule has 1 N–H and O–H groups in total. The molecule has 26 heavy (non-hydrogen) atoms. The van der Waals surface area contributed by atoms with Crippen LogP contribution in [-0.2, 0) is 6.42 Å². The number of hydrogen-bond acceptors (Lipinski definition) is 5. The molecule has 0 saturated heterocycles. The van der Waals surface area contributed by atoms with Crippen molar-refractivity contribution in [2.45, 2.75) is 19.8 Å². The third-order valence-corrected chi connectivity index (χ3v) is 4.36. The van der Waals surface area contributed by atoms with Crippen LogP contribution in [0, 0.1) is 6.92 Å². The highest BCUT2D eigenvalue weighted by Gasteiger charge is 2.15. The van der Waals surface area contributed by atoms with Crippen LogP contribution in [0.25, 0.3) is 22.4 Å². The predicted molar refractivity (Wildman–Crippen MR) is 103 cm³/mol. The van der Waals surface area contributed by atoms with Gasteiger partial charge >= 0.3 is 0 Å². The molecule has 0 radical (unpaired) electrons. The fourth-order valence-corrected chi connectivity index (χ4v) is 2.93. The Balaban J connectivity index is 1.49. The summed E-state index contributed by atoms with van der Waals surface area (Å²) in [4.78, 5) is 8.69. The van der Waals surface area contributed by atoms with Crippen molar-refractivity contribution in [1.29, 1.82) is 0 Å². The Labute approximate surface area is 152 Å². The van der Waals surface area contributed by atoms with Gasteiger partial charge < -0.3 is 9.84 Å². The molecule has 0 fully saturated rings. The molecule has 0 amide bonds. The van der Waals surface area contributed by atoms with E-state index in [2.05, 4.69) is 63.8 Å². The van der Waals surface area contributed by atoms with Crippen LogP contribution < -0.4 is 5.32 Å². The van der Waals surface area contributed by atoms with E-state index in [1.807, 2.05) is 18.2 Å². The maximum Gasteiger partial charge on any atom is 0.228 e. The van der Waals surface area contributed by atoms with E-state index in [-0.39, 0.29) is 0 Å². The summed E-state index contributed by atoms with van der Waals surface area (Å²) in [6.07, 6.45) is 3.58. The van der Waals surface area contributed by atoms with Gasteiger partial charge in [-0.15, -0.1) is 0 Å². The van der Waals surface area contributed by atoms with Gasteiger partial charge in [-0.25, -0.2) is 9.97 Å². The van der Waals surface area contributed by atoms with Crippen LogP contribution in [0.15, 0.2) is 65.4 Å². The summed E-state index contributed by atoms with van der Waals surface area (Å²) in [6.45, 7) is 2.87. The lowest BCUT2D eigenvalue weighted by Crippen LogP contribution is -2.05. The summed E-state index contributed by atoms with van der Waals surface area (Å²) in [7, 11) is 0. The van der Waals surface area contributed by atoms with Crippen molar-refractivity contribution in [3.63, 3.8) is 0 Å². The number of nitrogens with one attached hydrogen (secondary N) is 1. The van der Waals surface area contributed by atoms with Crippen molar-refractivity contribution < 1.29 is 4.52 Å². The van der Waals surface area contributed by atoms with Crippen LogP contribution >= 0.6 is 0 Å². The van der Waals surface area contributed by atoms with Crippen molar-refractivity contribution in [2.24, 2.45) is 0 Å². The van der Waals surface area contributed by atoms with E-state index in [1.54, 1.807) is 6.33 Å². The summed E-state index contributed by atoms with van der Waals surface area (Å²) >= 11 is 0. The van der Waals surface area contributed by atoms with Crippen molar-refractivity contribution in [3.8, 4) is 11.3 Å². The lowest BCUT2D eigenvalue weighted by molar-refractivity contribution is 0.459. The van der Waals surface area contributed by atoms with E-state index in [1.165, 1.54) is 11.1 Å². The van der Waals surface area contributed by atoms with Gasteiger partial charge in [-0.3, -0.25) is 0 Å². The first-order chi connectivity index (χ1) is 12.8. The van der Waals surface area contributed by atoms with Crippen LogP contribution in [-0.4, -0.2) is 21.7 Å². The molecule has 5 heteroatoms. The predicted octanol–water partition coefficient (Wildman–Crippen LogP) is 4.64. The van der Waals surface area contributed by atoms with Gasteiger partial charge in [-0.2, -0.15) is 0 Å². The molecule has 0 aliphatic rings. The summed E-state index contributed by atoms with van der Waals surface area (Å²) in [6, 6.07) is 18.6. The first-order valence-electron chi connectivity index (χ1n) is 8.76. The molecule has 4 rings (SSSR count). The van der Waals surface area contributed by atoms with Gasteiger partial charge in [0.25, 0.3) is 0 Å². The number of anilines is 1. The van der Waals surface area contributed by atoms with E-state index in [0.29, 0.717) is 11.4 Å². The number of aromatic nitrogens is 3. The van der Waals surface area contributed by atoms with Gasteiger partial charge in [0.2, 0.25) is 5.58 Å². The minimum Gasteiger partial charge on any atom is -0.367 e. The molecule has 0 aliphatic heterocycles.